The molecule has 0 bridgehead atoms. The zero-order chi connectivity index (χ0) is 20.4. The quantitative estimate of drug-likeness (QED) is 0.421. The Hall–Kier alpha value is -4.39. The first kappa shape index (κ1) is 18.0. The van der Waals surface area contributed by atoms with Gasteiger partial charge in [-0.25, -0.2) is 19.5 Å². The molecule has 10 heteroatoms. The first-order valence-corrected chi connectivity index (χ1v) is 8.67. The van der Waals surface area contributed by atoms with Gasteiger partial charge in [0.15, 0.2) is 17.3 Å². The van der Waals surface area contributed by atoms with Crippen molar-refractivity contribution in [1.82, 2.24) is 29.5 Å². The Morgan fingerprint density at radius 2 is 1.62 bits per heavy atom. The van der Waals surface area contributed by atoms with Crippen molar-refractivity contribution in [3.05, 3.63) is 71.6 Å². The van der Waals surface area contributed by atoms with E-state index >= 15 is 0 Å². The van der Waals surface area contributed by atoms with Gasteiger partial charge in [0.1, 0.15) is 0 Å². The minimum absolute atomic E-state index is 0.254. The first-order chi connectivity index (χ1) is 14.1. The van der Waals surface area contributed by atoms with E-state index in [4.69, 9.17) is 12.3 Å². The van der Waals surface area contributed by atoms with Crippen molar-refractivity contribution in [2.24, 2.45) is 10.2 Å². The molecule has 29 heavy (non-hydrogen) atoms. The van der Waals surface area contributed by atoms with Crippen LogP contribution in [0, 0.1) is 20.4 Å². The highest BCUT2D eigenvalue weighted by Gasteiger charge is 2.19. The number of hydrogen-bond acceptors (Lipinski definition) is 7. The van der Waals surface area contributed by atoms with Gasteiger partial charge in [-0.15, -0.1) is 10.2 Å². The number of nitrogens with two attached hydrogens (primary N) is 1. The lowest BCUT2D eigenvalue weighted by molar-refractivity contribution is 0.805. The molecule has 10 nitrogen and oxygen atoms in total. The molecule has 3 heterocycles. The van der Waals surface area contributed by atoms with Gasteiger partial charge in [0.25, 0.3) is 11.6 Å². The van der Waals surface area contributed by atoms with E-state index in [9.17, 15) is 0 Å². The van der Waals surface area contributed by atoms with E-state index in [2.05, 4.69) is 35.2 Å². The summed E-state index contributed by atoms with van der Waals surface area (Å²) in [6, 6.07) is 11.1. The highest BCUT2D eigenvalue weighted by molar-refractivity contribution is 5.69. The van der Waals surface area contributed by atoms with Gasteiger partial charge in [-0.3, -0.25) is 0 Å². The number of anilines is 1. The van der Waals surface area contributed by atoms with E-state index in [-0.39, 0.29) is 5.82 Å². The Morgan fingerprint density at radius 3 is 2.31 bits per heavy atom. The molecule has 0 unspecified atom stereocenters. The number of rotatable bonds is 4. The standard InChI is InChI=1S/C19H16N10/c1-12-15(17(20)29(27-12)19-22-10-7-11-23-19)24-25-18-16(21-3)13(2)26-28(18)14-8-5-4-6-9-14/h4-11H,20H2,1-2H3. The van der Waals surface area contributed by atoms with Gasteiger partial charge in [-0.05, 0) is 32.0 Å². The number of aryl methyl sites for hydroxylation is 2. The van der Waals surface area contributed by atoms with Gasteiger partial charge >= 0.3 is 0 Å². The van der Waals surface area contributed by atoms with Crippen LogP contribution in [-0.2, 0) is 0 Å². The topological polar surface area (TPSA) is 117 Å². The molecule has 0 amide bonds. The molecular weight excluding hydrogens is 368 g/mol. The summed E-state index contributed by atoms with van der Waals surface area (Å²) >= 11 is 0. The average molecular weight is 384 g/mol. The Labute approximate surface area is 166 Å². The van der Waals surface area contributed by atoms with Crippen LogP contribution in [0.2, 0.25) is 0 Å². The third-order valence-electron chi connectivity index (χ3n) is 4.17. The number of benzene rings is 1. The molecule has 3 aromatic heterocycles. The van der Waals surface area contributed by atoms with Gasteiger partial charge in [-0.2, -0.15) is 14.9 Å². The van der Waals surface area contributed by atoms with Gasteiger partial charge in [-0.1, -0.05) is 18.2 Å². The summed E-state index contributed by atoms with van der Waals surface area (Å²) in [6.45, 7) is 11.0. The molecular formula is C19H16N10. The molecule has 2 N–H and O–H groups in total. The predicted molar refractivity (Wildman–Crippen MR) is 107 cm³/mol. The molecule has 4 rings (SSSR count). The van der Waals surface area contributed by atoms with E-state index in [1.165, 1.54) is 4.68 Å². The first-order valence-electron chi connectivity index (χ1n) is 8.67. The van der Waals surface area contributed by atoms with Crippen LogP contribution in [0.25, 0.3) is 16.5 Å². The van der Waals surface area contributed by atoms with Crippen LogP contribution in [0.3, 0.4) is 0 Å². The SMILES string of the molecule is [C-]#[N+]c1c(C)nn(-c2ccccc2)c1N=Nc1c(C)nn(-c2ncccn2)c1N. The molecule has 0 saturated carbocycles. The maximum Gasteiger partial charge on any atom is 0.255 e. The summed E-state index contributed by atoms with van der Waals surface area (Å²) in [5.74, 6) is 0.914. The van der Waals surface area contributed by atoms with Crippen LogP contribution < -0.4 is 5.73 Å². The fourth-order valence-electron chi connectivity index (χ4n) is 2.79. The third-order valence-corrected chi connectivity index (χ3v) is 4.17. The van der Waals surface area contributed by atoms with E-state index in [0.29, 0.717) is 34.5 Å². The Morgan fingerprint density at radius 1 is 0.931 bits per heavy atom. The minimum Gasteiger partial charge on any atom is -0.382 e. The smallest absolute Gasteiger partial charge is 0.255 e. The van der Waals surface area contributed by atoms with Crippen LogP contribution in [0.1, 0.15) is 11.4 Å². The van der Waals surface area contributed by atoms with E-state index in [1.807, 2.05) is 30.3 Å². The predicted octanol–water partition coefficient (Wildman–Crippen LogP) is 4.01. The van der Waals surface area contributed by atoms with Crippen molar-refractivity contribution in [3.63, 3.8) is 0 Å². The van der Waals surface area contributed by atoms with E-state index in [1.54, 1.807) is 37.0 Å². The lowest BCUT2D eigenvalue weighted by Gasteiger charge is -2.03. The maximum atomic E-state index is 7.50. The second kappa shape index (κ2) is 7.32. The normalized spacial score (nSPS) is 11.1. The van der Waals surface area contributed by atoms with Crippen molar-refractivity contribution >= 4 is 23.0 Å². The molecule has 0 aliphatic heterocycles. The van der Waals surface area contributed by atoms with Crippen molar-refractivity contribution in [2.75, 3.05) is 5.73 Å². The second-order valence-corrected chi connectivity index (χ2v) is 6.10. The molecule has 0 atom stereocenters. The summed E-state index contributed by atoms with van der Waals surface area (Å²) in [4.78, 5) is 11.9. The van der Waals surface area contributed by atoms with Crippen molar-refractivity contribution in [2.45, 2.75) is 13.8 Å². The maximum absolute atomic E-state index is 7.50. The van der Waals surface area contributed by atoms with Crippen LogP contribution >= 0.6 is 0 Å². The number of aromatic nitrogens is 6. The highest BCUT2D eigenvalue weighted by atomic mass is 15.4. The molecule has 1 aromatic carbocycles. The zero-order valence-electron chi connectivity index (χ0n) is 15.7. The largest absolute Gasteiger partial charge is 0.382 e. The molecule has 4 aromatic rings. The Kier molecular flexibility index (Phi) is 4.54. The van der Waals surface area contributed by atoms with Crippen LogP contribution in [-0.4, -0.2) is 29.5 Å². The van der Waals surface area contributed by atoms with Crippen molar-refractivity contribution < 1.29 is 0 Å². The number of nitrogen functional groups attached to an aromatic ring is 1. The Bertz CT molecular complexity index is 1230. The summed E-state index contributed by atoms with van der Waals surface area (Å²) in [6.07, 6.45) is 3.20. The summed E-state index contributed by atoms with van der Waals surface area (Å²) < 4.78 is 2.99. The summed E-state index contributed by atoms with van der Waals surface area (Å²) in [5.41, 5.74) is 8.82. The molecule has 0 fully saturated rings. The number of azo groups is 1. The van der Waals surface area contributed by atoms with Gasteiger partial charge in [0, 0.05) is 12.4 Å². The summed E-state index contributed by atoms with van der Waals surface area (Å²) in [7, 11) is 0. The highest BCUT2D eigenvalue weighted by Crippen LogP contribution is 2.36. The monoisotopic (exact) mass is 384 g/mol. The number of nitrogens with zero attached hydrogens (tertiary/aromatic N) is 9. The zero-order valence-corrected chi connectivity index (χ0v) is 15.7. The molecule has 0 radical (unpaired) electrons. The lowest BCUT2D eigenvalue weighted by atomic mass is 10.3. The van der Waals surface area contributed by atoms with Crippen LogP contribution in [0.5, 0.6) is 0 Å². The number of para-hydroxylation sites is 1. The molecule has 0 aliphatic carbocycles. The van der Waals surface area contributed by atoms with Gasteiger partial charge < -0.3 is 5.73 Å². The third kappa shape index (κ3) is 3.21. The summed E-state index contributed by atoms with van der Waals surface area (Å²) in [5, 5.41) is 17.4. The lowest BCUT2D eigenvalue weighted by Crippen LogP contribution is -2.05. The molecule has 0 spiro atoms. The van der Waals surface area contributed by atoms with Crippen molar-refractivity contribution in [3.8, 4) is 11.6 Å². The molecule has 0 aliphatic rings. The fraction of sp³-hybridized carbons (Fsp3) is 0.105. The van der Waals surface area contributed by atoms with Crippen molar-refractivity contribution in [1.29, 1.82) is 0 Å². The van der Waals surface area contributed by atoms with E-state index < -0.39 is 0 Å². The fourth-order valence-corrected chi connectivity index (χ4v) is 2.79. The Balaban J connectivity index is 1.80. The van der Waals surface area contributed by atoms with E-state index in [0.717, 1.165) is 5.69 Å². The van der Waals surface area contributed by atoms with Crippen LogP contribution in [0.15, 0.2) is 59.0 Å². The molecule has 0 saturated heterocycles. The average Bonchev–Trinajstić information content (AvgIpc) is 3.23. The van der Waals surface area contributed by atoms with Crippen LogP contribution in [0.4, 0.5) is 23.0 Å². The molecule has 142 valence electrons. The minimum atomic E-state index is 0.254. The number of hydrogen-bond donors (Lipinski definition) is 1. The second-order valence-electron chi connectivity index (χ2n) is 6.10. The van der Waals surface area contributed by atoms with Gasteiger partial charge in [0.2, 0.25) is 0 Å². The van der Waals surface area contributed by atoms with Gasteiger partial charge in [0.05, 0.1) is 23.6 Å².